The summed E-state index contributed by atoms with van der Waals surface area (Å²) in [6.07, 6.45) is 3.37. The minimum absolute atomic E-state index is 0.367. The summed E-state index contributed by atoms with van der Waals surface area (Å²) in [6.45, 7) is 4.21. The van der Waals surface area contributed by atoms with Crippen LogP contribution in [0.5, 0.6) is 11.5 Å². The standard InChI is InChI=1S/C14H21NO2/c1-10-7-12(13(16)9-14(10)17-2)8-11-3-5-15-6-4-11/h7,9,11,15-16H,3-6,8H2,1-2H3. The SMILES string of the molecule is COc1cc(O)c(CC2CCNCC2)cc1C. The fourth-order valence-electron chi connectivity index (χ4n) is 2.52. The average Bonchev–Trinajstić information content (AvgIpc) is 2.34. The summed E-state index contributed by atoms with van der Waals surface area (Å²) < 4.78 is 5.20. The molecule has 1 aliphatic rings. The molecule has 1 fully saturated rings. The van der Waals surface area contributed by atoms with E-state index in [1.807, 2.05) is 6.92 Å². The highest BCUT2D eigenvalue weighted by atomic mass is 16.5. The topological polar surface area (TPSA) is 41.5 Å². The second-order valence-corrected chi connectivity index (χ2v) is 4.85. The zero-order valence-corrected chi connectivity index (χ0v) is 10.6. The van der Waals surface area contributed by atoms with Gasteiger partial charge >= 0.3 is 0 Å². The molecule has 1 saturated heterocycles. The van der Waals surface area contributed by atoms with Crippen LogP contribution in [0.15, 0.2) is 12.1 Å². The lowest BCUT2D eigenvalue weighted by Crippen LogP contribution is -2.28. The third-order valence-electron chi connectivity index (χ3n) is 3.56. The quantitative estimate of drug-likeness (QED) is 0.844. The van der Waals surface area contributed by atoms with Gasteiger partial charge in [-0.3, -0.25) is 0 Å². The zero-order valence-electron chi connectivity index (χ0n) is 10.6. The normalized spacial score (nSPS) is 17.1. The van der Waals surface area contributed by atoms with Crippen LogP contribution >= 0.6 is 0 Å². The van der Waals surface area contributed by atoms with E-state index in [9.17, 15) is 5.11 Å². The van der Waals surface area contributed by atoms with Crippen LogP contribution in [-0.2, 0) is 6.42 Å². The average molecular weight is 235 g/mol. The van der Waals surface area contributed by atoms with Gasteiger partial charge in [0.15, 0.2) is 0 Å². The van der Waals surface area contributed by atoms with E-state index < -0.39 is 0 Å². The molecule has 1 aromatic rings. The Balaban J connectivity index is 2.12. The summed E-state index contributed by atoms with van der Waals surface area (Å²) in [4.78, 5) is 0. The van der Waals surface area contributed by atoms with Crippen molar-refractivity contribution in [3.8, 4) is 11.5 Å². The predicted octanol–water partition coefficient (Wildman–Crippen LogP) is 2.25. The highest BCUT2D eigenvalue weighted by Gasteiger charge is 2.16. The van der Waals surface area contributed by atoms with Crippen LogP contribution in [0.1, 0.15) is 24.0 Å². The molecule has 3 nitrogen and oxygen atoms in total. The number of nitrogens with one attached hydrogen (secondary N) is 1. The molecule has 1 aromatic carbocycles. The van der Waals surface area contributed by atoms with Crippen LogP contribution in [0.2, 0.25) is 0 Å². The maximum absolute atomic E-state index is 9.98. The lowest BCUT2D eigenvalue weighted by molar-refractivity contribution is 0.364. The number of aryl methyl sites for hydroxylation is 1. The third-order valence-corrected chi connectivity index (χ3v) is 3.56. The molecule has 17 heavy (non-hydrogen) atoms. The first-order valence-electron chi connectivity index (χ1n) is 6.28. The van der Waals surface area contributed by atoms with Gasteiger partial charge in [-0.15, -0.1) is 0 Å². The summed E-state index contributed by atoms with van der Waals surface area (Å²) in [5, 5.41) is 13.3. The minimum atomic E-state index is 0.367. The van der Waals surface area contributed by atoms with Crippen LogP contribution in [0, 0.1) is 12.8 Å². The van der Waals surface area contributed by atoms with Gasteiger partial charge in [-0.2, -0.15) is 0 Å². The molecule has 1 aliphatic heterocycles. The maximum atomic E-state index is 9.98. The Morgan fingerprint density at radius 2 is 2.06 bits per heavy atom. The van der Waals surface area contributed by atoms with Crippen molar-refractivity contribution >= 4 is 0 Å². The molecule has 0 saturated carbocycles. The minimum Gasteiger partial charge on any atom is -0.508 e. The molecule has 0 spiro atoms. The van der Waals surface area contributed by atoms with E-state index in [-0.39, 0.29) is 0 Å². The lowest BCUT2D eigenvalue weighted by Gasteiger charge is -2.23. The van der Waals surface area contributed by atoms with Crippen molar-refractivity contribution in [1.29, 1.82) is 0 Å². The molecule has 0 aromatic heterocycles. The number of aromatic hydroxyl groups is 1. The molecule has 0 unspecified atom stereocenters. The summed E-state index contributed by atoms with van der Waals surface area (Å²) in [6, 6.07) is 3.78. The van der Waals surface area contributed by atoms with E-state index in [0.717, 1.165) is 36.4 Å². The first-order chi connectivity index (χ1) is 8.20. The highest BCUT2D eigenvalue weighted by molar-refractivity contribution is 5.45. The highest BCUT2D eigenvalue weighted by Crippen LogP contribution is 2.30. The second kappa shape index (κ2) is 5.41. The van der Waals surface area contributed by atoms with Crippen molar-refractivity contribution in [2.45, 2.75) is 26.2 Å². The number of hydrogen-bond donors (Lipinski definition) is 2. The Kier molecular flexibility index (Phi) is 3.89. The fraction of sp³-hybridized carbons (Fsp3) is 0.571. The fourth-order valence-corrected chi connectivity index (χ4v) is 2.52. The van der Waals surface area contributed by atoms with E-state index in [2.05, 4.69) is 11.4 Å². The van der Waals surface area contributed by atoms with E-state index in [1.165, 1.54) is 12.8 Å². The van der Waals surface area contributed by atoms with E-state index in [4.69, 9.17) is 4.74 Å². The molecule has 2 rings (SSSR count). The van der Waals surface area contributed by atoms with E-state index >= 15 is 0 Å². The van der Waals surface area contributed by atoms with Crippen molar-refractivity contribution < 1.29 is 9.84 Å². The van der Waals surface area contributed by atoms with Gasteiger partial charge in [-0.25, -0.2) is 0 Å². The number of benzene rings is 1. The molecule has 0 amide bonds. The molecule has 0 radical (unpaired) electrons. The molecule has 0 aliphatic carbocycles. The van der Waals surface area contributed by atoms with Gasteiger partial charge in [0.05, 0.1) is 7.11 Å². The van der Waals surface area contributed by atoms with Gasteiger partial charge in [0.1, 0.15) is 11.5 Å². The number of phenolic OH excluding ortho intramolecular Hbond substituents is 1. The number of rotatable bonds is 3. The van der Waals surface area contributed by atoms with Crippen molar-refractivity contribution in [2.24, 2.45) is 5.92 Å². The van der Waals surface area contributed by atoms with Crippen molar-refractivity contribution in [3.63, 3.8) is 0 Å². The molecule has 2 N–H and O–H groups in total. The van der Waals surface area contributed by atoms with Crippen LogP contribution < -0.4 is 10.1 Å². The molecule has 1 heterocycles. The van der Waals surface area contributed by atoms with Gasteiger partial charge in [0, 0.05) is 6.07 Å². The van der Waals surface area contributed by atoms with Gasteiger partial charge in [0.25, 0.3) is 0 Å². The first-order valence-corrected chi connectivity index (χ1v) is 6.28. The number of piperidine rings is 1. The molecular formula is C14H21NO2. The summed E-state index contributed by atoms with van der Waals surface area (Å²) >= 11 is 0. The number of phenols is 1. The van der Waals surface area contributed by atoms with Gasteiger partial charge in [-0.05, 0) is 62.4 Å². The Morgan fingerprint density at radius 1 is 1.35 bits per heavy atom. The van der Waals surface area contributed by atoms with Crippen molar-refractivity contribution in [1.82, 2.24) is 5.32 Å². The van der Waals surface area contributed by atoms with Gasteiger partial charge < -0.3 is 15.2 Å². The Morgan fingerprint density at radius 3 is 2.71 bits per heavy atom. The van der Waals surface area contributed by atoms with Crippen LogP contribution in [0.4, 0.5) is 0 Å². The van der Waals surface area contributed by atoms with Gasteiger partial charge in [-0.1, -0.05) is 0 Å². The van der Waals surface area contributed by atoms with Gasteiger partial charge in [0.2, 0.25) is 0 Å². The number of methoxy groups -OCH3 is 1. The van der Waals surface area contributed by atoms with Crippen LogP contribution in [-0.4, -0.2) is 25.3 Å². The molecule has 3 heteroatoms. The Labute approximate surface area is 103 Å². The number of hydrogen-bond acceptors (Lipinski definition) is 3. The first kappa shape index (κ1) is 12.2. The van der Waals surface area contributed by atoms with E-state index in [0.29, 0.717) is 11.7 Å². The van der Waals surface area contributed by atoms with Crippen LogP contribution in [0.3, 0.4) is 0 Å². The Hall–Kier alpha value is -1.22. The zero-order chi connectivity index (χ0) is 12.3. The second-order valence-electron chi connectivity index (χ2n) is 4.85. The maximum Gasteiger partial charge on any atom is 0.125 e. The van der Waals surface area contributed by atoms with E-state index in [1.54, 1.807) is 13.2 Å². The Bertz CT molecular complexity index is 384. The summed E-state index contributed by atoms with van der Waals surface area (Å²) in [5.74, 6) is 1.82. The summed E-state index contributed by atoms with van der Waals surface area (Å²) in [7, 11) is 1.63. The van der Waals surface area contributed by atoms with Crippen LogP contribution in [0.25, 0.3) is 0 Å². The largest absolute Gasteiger partial charge is 0.508 e. The lowest BCUT2D eigenvalue weighted by atomic mass is 9.90. The molecule has 0 bridgehead atoms. The predicted molar refractivity (Wildman–Crippen MR) is 68.7 cm³/mol. The molecule has 0 atom stereocenters. The third kappa shape index (κ3) is 2.91. The monoisotopic (exact) mass is 235 g/mol. The van der Waals surface area contributed by atoms with Crippen molar-refractivity contribution in [2.75, 3.05) is 20.2 Å². The number of ether oxygens (including phenoxy) is 1. The molecule has 94 valence electrons. The smallest absolute Gasteiger partial charge is 0.125 e. The van der Waals surface area contributed by atoms with Crippen molar-refractivity contribution in [3.05, 3.63) is 23.3 Å². The molecular weight excluding hydrogens is 214 g/mol. The summed E-state index contributed by atoms with van der Waals surface area (Å²) in [5.41, 5.74) is 2.14.